The molecule has 1 atom stereocenters. The summed E-state index contributed by atoms with van der Waals surface area (Å²) in [5.74, 6) is -1.38. The number of rotatable bonds is 13. The predicted molar refractivity (Wildman–Crippen MR) is 101 cm³/mol. The van der Waals surface area contributed by atoms with Crippen molar-refractivity contribution in [3.05, 3.63) is 48.6 Å². The molecule has 0 aliphatic rings. The van der Waals surface area contributed by atoms with Crippen molar-refractivity contribution in [1.29, 1.82) is 0 Å². The summed E-state index contributed by atoms with van der Waals surface area (Å²) in [6, 6.07) is 0. The summed E-state index contributed by atoms with van der Waals surface area (Å²) in [5, 5.41) is 7.61. The fraction of sp³-hybridized carbons (Fsp3) is 0.526. The van der Waals surface area contributed by atoms with E-state index in [4.69, 9.17) is 5.11 Å². The Kier molecular flexibility index (Phi) is 12.9. The van der Waals surface area contributed by atoms with Crippen molar-refractivity contribution in [1.82, 2.24) is 0 Å². The lowest BCUT2D eigenvalue weighted by Gasteiger charge is -2.09. The Labute approximate surface area is 146 Å². The van der Waals surface area contributed by atoms with E-state index in [0.29, 0.717) is 6.42 Å². The molecule has 0 rings (SSSR count). The Balaban J connectivity index is 3.96. The van der Waals surface area contributed by atoms with Gasteiger partial charge in [-0.1, -0.05) is 62.5 Å². The second kappa shape index (κ2) is 13.8. The molecule has 4 nitrogen and oxygen atoms in total. The van der Waals surface area contributed by atoms with Gasteiger partial charge in [0.25, 0.3) is 0 Å². The molecular formula is C19H30O4S. The maximum Gasteiger partial charge on any atom is 0.321 e. The molecule has 0 spiro atoms. The molecule has 0 fully saturated rings. The third kappa shape index (κ3) is 11.0. The highest BCUT2D eigenvalue weighted by atomic mass is 32.2. The minimum atomic E-state index is -3.57. The lowest BCUT2D eigenvalue weighted by molar-refractivity contribution is -0.136. The van der Waals surface area contributed by atoms with Gasteiger partial charge in [-0.15, -0.1) is 0 Å². The Hall–Kier alpha value is -1.62. The fourth-order valence-electron chi connectivity index (χ4n) is 2.05. The number of carbonyl (C=O) groups is 1. The second-order valence-corrected chi connectivity index (χ2v) is 7.69. The number of aliphatic carboxylic acids is 1. The van der Waals surface area contributed by atoms with Crippen LogP contribution < -0.4 is 0 Å². The molecule has 0 saturated carbocycles. The molecule has 24 heavy (non-hydrogen) atoms. The quantitative estimate of drug-likeness (QED) is 0.496. The van der Waals surface area contributed by atoms with Gasteiger partial charge in [0.15, 0.2) is 15.1 Å². The smallest absolute Gasteiger partial charge is 0.321 e. The molecule has 0 heterocycles. The van der Waals surface area contributed by atoms with Gasteiger partial charge in [-0.25, -0.2) is 8.42 Å². The average molecular weight is 355 g/mol. The van der Waals surface area contributed by atoms with Crippen molar-refractivity contribution in [2.45, 2.75) is 57.6 Å². The van der Waals surface area contributed by atoms with Crippen LogP contribution in [0, 0.1) is 0 Å². The first-order valence-corrected chi connectivity index (χ1v) is 10.2. The zero-order valence-electron chi connectivity index (χ0n) is 14.7. The van der Waals surface area contributed by atoms with Crippen LogP contribution in [0.5, 0.6) is 0 Å². The van der Waals surface area contributed by atoms with Crippen LogP contribution in [0.3, 0.4) is 0 Å². The Morgan fingerprint density at radius 3 is 1.75 bits per heavy atom. The van der Waals surface area contributed by atoms with Crippen molar-refractivity contribution < 1.29 is 18.3 Å². The summed E-state index contributed by atoms with van der Waals surface area (Å²) in [6.07, 6.45) is 20.4. The first-order chi connectivity index (χ1) is 11.5. The zero-order valence-corrected chi connectivity index (χ0v) is 15.5. The maximum atomic E-state index is 11.9. The largest absolute Gasteiger partial charge is 0.480 e. The summed E-state index contributed by atoms with van der Waals surface area (Å²) in [7, 11) is -3.57. The van der Waals surface area contributed by atoms with Gasteiger partial charge in [-0.05, 0) is 38.5 Å². The molecule has 0 aromatic carbocycles. The molecule has 136 valence electrons. The summed E-state index contributed by atoms with van der Waals surface area (Å²) in [5.41, 5.74) is 0. The first kappa shape index (κ1) is 22.4. The number of carboxylic acids is 1. The molecule has 0 aliphatic heterocycles. The van der Waals surface area contributed by atoms with Gasteiger partial charge in [0.1, 0.15) is 0 Å². The number of hydrogen-bond donors (Lipinski definition) is 1. The molecule has 0 bridgehead atoms. The Morgan fingerprint density at radius 2 is 1.33 bits per heavy atom. The van der Waals surface area contributed by atoms with Gasteiger partial charge >= 0.3 is 5.97 Å². The minimum Gasteiger partial charge on any atom is -0.480 e. The second-order valence-electron chi connectivity index (χ2n) is 5.39. The lowest BCUT2D eigenvalue weighted by atomic mass is 10.2. The van der Waals surface area contributed by atoms with Crippen molar-refractivity contribution in [2.75, 3.05) is 5.75 Å². The molecule has 0 aromatic heterocycles. The van der Waals surface area contributed by atoms with E-state index >= 15 is 0 Å². The van der Waals surface area contributed by atoms with Gasteiger partial charge in [0.2, 0.25) is 0 Å². The van der Waals surface area contributed by atoms with Crippen LogP contribution in [0.2, 0.25) is 0 Å². The third-order valence-electron chi connectivity index (χ3n) is 3.37. The first-order valence-electron chi connectivity index (χ1n) is 8.50. The van der Waals surface area contributed by atoms with Crippen LogP contribution in [0.15, 0.2) is 48.6 Å². The number of hydrogen-bond acceptors (Lipinski definition) is 3. The van der Waals surface area contributed by atoms with E-state index in [1.807, 2.05) is 12.2 Å². The van der Waals surface area contributed by atoms with E-state index in [-0.39, 0.29) is 12.2 Å². The Morgan fingerprint density at radius 1 is 0.875 bits per heavy atom. The van der Waals surface area contributed by atoms with E-state index in [0.717, 1.165) is 25.7 Å². The van der Waals surface area contributed by atoms with Crippen molar-refractivity contribution in [2.24, 2.45) is 0 Å². The minimum absolute atomic E-state index is 0.103. The van der Waals surface area contributed by atoms with Crippen molar-refractivity contribution in [3.63, 3.8) is 0 Å². The lowest BCUT2D eigenvalue weighted by Crippen LogP contribution is -2.31. The van der Waals surface area contributed by atoms with E-state index in [9.17, 15) is 13.2 Å². The summed E-state index contributed by atoms with van der Waals surface area (Å²) >= 11 is 0. The highest BCUT2D eigenvalue weighted by Crippen LogP contribution is 2.09. The fourth-order valence-corrected chi connectivity index (χ4v) is 3.62. The van der Waals surface area contributed by atoms with E-state index in [1.54, 1.807) is 13.0 Å². The Bertz CT molecular complexity index is 554. The molecule has 1 unspecified atom stereocenters. The topological polar surface area (TPSA) is 71.4 Å². The monoisotopic (exact) mass is 354 g/mol. The van der Waals surface area contributed by atoms with Crippen molar-refractivity contribution in [3.8, 4) is 0 Å². The zero-order chi connectivity index (χ0) is 18.3. The molecule has 1 N–H and O–H groups in total. The van der Waals surface area contributed by atoms with Crippen LogP contribution in [0.1, 0.15) is 52.4 Å². The van der Waals surface area contributed by atoms with Crippen LogP contribution in [0.25, 0.3) is 0 Å². The van der Waals surface area contributed by atoms with Crippen LogP contribution in [-0.4, -0.2) is 30.5 Å². The molecule has 0 saturated heterocycles. The van der Waals surface area contributed by atoms with E-state index in [2.05, 4.69) is 37.3 Å². The molecule has 0 aliphatic carbocycles. The van der Waals surface area contributed by atoms with E-state index in [1.165, 1.54) is 0 Å². The summed E-state index contributed by atoms with van der Waals surface area (Å²) in [4.78, 5) is 10.9. The predicted octanol–water partition coefficient (Wildman–Crippen LogP) is 4.46. The molecule has 0 aromatic rings. The number of sulfone groups is 1. The highest BCUT2D eigenvalue weighted by Gasteiger charge is 2.29. The van der Waals surface area contributed by atoms with Gasteiger partial charge < -0.3 is 5.11 Å². The number of allylic oxidation sites excluding steroid dienone is 8. The third-order valence-corrected chi connectivity index (χ3v) is 5.57. The molecule has 0 amide bonds. The van der Waals surface area contributed by atoms with Gasteiger partial charge in [-0.2, -0.15) is 0 Å². The molecule has 0 radical (unpaired) electrons. The standard InChI is InChI=1S/C19H30O4S/c1-3-5-6-7-8-9-10-11-12-13-14-15-16-17-24(22,23)18(4-2)19(20)21/h5-6,8-9,11-12,14-15,18H,3-4,7,10,13,16-17H2,1-2H3,(H,20,21)/b6-5-,9-8-,12-11-,15-14-. The van der Waals surface area contributed by atoms with E-state index < -0.39 is 21.1 Å². The summed E-state index contributed by atoms with van der Waals surface area (Å²) < 4.78 is 23.7. The average Bonchev–Trinajstić information content (AvgIpc) is 2.51. The molecule has 5 heteroatoms. The van der Waals surface area contributed by atoms with Gasteiger partial charge in [-0.3, -0.25) is 4.79 Å². The summed E-state index contributed by atoms with van der Waals surface area (Å²) in [6.45, 7) is 3.69. The van der Waals surface area contributed by atoms with Gasteiger partial charge in [0, 0.05) is 0 Å². The van der Waals surface area contributed by atoms with Crippen LogP contribution in [0.4, 0.5) is 0 Å². The van der Waals surface area contributed by atoms with Crippen LogP contribution >= 0.6 is 0 Å². The van der Waals surface area contributed by atoms with Gasteiger partial charge in [0.05, 0.1) is 5.75 Å². The molecular weight excluding hydrogens is 324 g/mol. The van der Waals surface area contributed by atoms with Crippen LogP contribution in [-0.2, 0) is 14.6 Å². The maximum absolute atomic E-state index is 11.9. The normalized spacial score (nSPS) is 14.4. The number of carboxylic acid groups (broad SMARTS) is 1. The van der Waals surface area contributed by atoms with Crippen molar-refractivity contribution >= 4 is 15.8 Å². The SMILES string of the molecule is CC/C=C\C/C=C\C/C=C\C/C=C\CCS(=O)(=O)C(CC)C(=O)O. The highest BCUT2D eigenvalue weighted by molar-refractivity contribution is 7.92.